The highest BCUT2D eigenvalue weighted by molar-refractivity contribution is 6.35. The minimum Gasteiger partial charge on any atom is -0.338 e. The number of imide groups is 2. The first-order chi connectivity index (χ1) is 11.8. The van der Waals surface area contributed by atoms with E-state index in [1.54, 1.807) is 12.1 Å². The quantitative estimate of drug-likeness (QED) is 0.570. The Balaban J connectivity index is 2.31. The molecule has 1 atom stereocenters. The average molecular weight is 345 g/mol. The van der Waals surface area contributed by atoms with Crippen LogP contribution in [0.3, 0.4) is 0 Å². The van der Waals surface area contributed by atoms with Crippen LogP contribution in [0.25, 0.3) is 0 Å². The van der Waals surface area contributed by atoms with E-state index in [9.17, 15) is 14.4 Å². The number of anilines is 1. The van der Waals surface area contributed by atoms with Crippen molar-refractivity contribution in [1.29, 1.82) is 0 Å². The van der Waals surface area contributed by atoms with Gasteiger partial charge in [-0.3, -0.25) is 19.9 Å². The van der Waals surface area contributed by atoms with Gasteiger partial charge in [-0.05, 0) is 25.5 Å². The van der Waals surface area contributed by atoms with E-state index in [1.165, 1.54) is 4.90 Å². The van der Waals surface area contributed by atoms with Gasteiger partial charge in [0.1, 0.15) is 0 Å². The van der Waals surface area contributed by atoms with Crippen molar-refractivity contribution in [2.45, 2.75) is 20.3 Å². The highest BCUT2D eigenvalue weighted by Crippen LogP contribution is 2.22. The summed E-state index contributed by atoms with van der Waals surface area (Å²) in [7, 11) is 4.02. The van der Waals surface area contributed by atoms with Crippen molar-refractivity contribution in [3.05, 3.63) is 29.8 Å². The van der Waals surface area contributed by atoms with Crippen LogP contribution in [0.5, 0.6) is 0 Å². The molecule has 1 aliphatic heterocycles. The van der Waals surface area contributed by atoms with E-state index < -0.39 is 23.8 Å². The predicted molar refractivity (Wildman–Crippen MR) is 96.0 cm³/mol. The van der Waals surface area contributed by atoms with Gasteiger partial charge in [0, 0.05) is 5.71 Å². The third-order valence-corrected chi connectivity index (χ3v) is 4.08. The van der Waals surface area contributed by atoms with Crippen molar-refractivity contribution in [3.8, 4) is 0 Å². The molecule has 7 nitrogen and oxygen atoms in total. The predicted octanol–water partition coefficient (Wildman–Crippen LogP) is 0.190. The SMILES string of the molecule is CCC(=NCC[NH+](C)C)C1C(=O)NC(=O)N(c2ccc(C)cc2)C1=O. The number of amides is 4. The lowest BCUT2D eigenvalue weighted by molar-refractivity contribution is -0.856. The molecule has 25 heavy (non-hydrogen) atoms. The summed E-state index contributed by atoms with van der Waals surface area (Å²) in [5.74, 6) is -2.20. The van der Waals surface area contributed by atoms with Gasteiger partial charge in [0.2, 0.25) is 5.91 Å². The monoisotopic (exact) mass is 345 g/mol. The Morgan fingerprint density at radius 2 is 1.84 bits per heavy atom. The summed E-state index contributed by atoms with van der Waals surface area (Å²) in [5, 5.41) is 2.28. The first-order valence-electron chi connectivity index (χ1n) is 8.42. The summed E-state index contributed by atoms with van der Waals surface area (Å²) < 4.78 is 0. The summed E-state index contributed by atoms with van der Waals surface area (Å²) in [6.45, 7) is 5.10. The largest absolute Gasteiger partial charge is 0.338 e. The van der Waals surface area contributed by atoms with E-state index in [4.69, 9.17) is 0 Å². The normalized spacial score (nSPS) is 18.8. The van der Waals surface area contributed by atoms with Crippen LogP contribution in [-0.2, 0) is 9.59 Å². The summed E-state index contributed by atoms with van der Waals surface area (Å²) in [4.78, 5) is 44.1. The second-order valence-electron chi connectivity index (χ2n) is 6.42. The molecule has 0 bridgehead atoms. The summed E-state index contributed by atoms with van der Waals surface area (Å²) in [5.41, 5.74) is 1.97. The lowest BCUT2D eigenvalue weighted by Gasteiger charge is -2.30. The van der Waals surface area contributed by atoms with Gasteiger partial charge in [0.25, 0.3) is 5.91 Å². The Bertz CT molecular complexity index is 695. The molecular weight excluding hydrogens is 320 g/mol. The number of nitrogens with zero attached hydrogens (tertiary/aromatic N) is 2. The number of carbonyl (C=O) groups excluding carboxylic acids is 3. The summed E-state index contributed by atoms with van der Waals surface area (Å²) >= 11 is 0. The highest BCUT2D eigenvalue weighted by Gasteiger charge is 2.43. The Labute approximate surface area is 147 Å². The number of hydrogen-bond acceptors (Lipinski definition) is 4. The molecule has 1 heterocycles. The van der Waals surface area contributed by atoms with E-state index in [0.29, 0.717) is 24.4 Å². The van der Waals surface area contributed by atoms with E-state index >= 15 is 0 Å². The first kappa shape index (κ1) is 18.8. The smallest absolute Gasteiger partial charge is 0.335 e. The van der Waals surface area contributed by atoms with Crippen molar-refractivity contribution in [2.75, 3.05) is 32.1 Å². The van der Waals surface area contributed by atoms with Crippen molar-refractivity contribution < 1.29 is 19.3 Å². The van der Waals surface area contributed by atoms with Gasteiger partial charge >= 0.3 is 6.03 Å². The number of urea groups is 1. The van der Waals surface area contributed by atoms with Gasteiger partial charge in [-0.25, -0.2) is 9.69 Å². The first-order valence-corrected chi connectivity index (χ1v) is 8.42. The van der Waals surface area contributed by atoms with Gasteiger partial charge < -0.3 is 4.90 Å². The highest BCUT2D eigenvalue weighted by atomic mass is 16.2. The molecule has 134 valence electrons. The molecule has 0 saturated carbocycles. The third-order valence-electron chi connectivity index (χ3n) is 4.08. The minimum absolute atomic E-state index is 0.443. The van der Waals surface area contributed by atoms with Crippen LogP contribution >= 0.6 is 0 Å². The standard InChI is InChI=1S/C18H24N4O3/c1-5-14(19-10-11-21(3)4)15-16(23)20-18(25)22(17(15)24)13-8-6-12(2)7-9-13/h6-9,15H,5,10-11H2,1-4H3,(H,20,23,25)/p+1. The van der Waals surface area contributed by atoms with Crippen LogP contribution in [0.4, 0.5) is 10.5 Å². The number of carbonyl (C=O) groups is 3. The molecule has 4 amide bonds. The minimum atomic E-state index is -1.05. The molecular formula is C18H25N4O3+. The maximum Gasteiger partial charge on any atom is 0.335 e. The van der Waals surface area contributed by atoms with Crippen LogP contribution < -0.4 is 15.1 Å². The van der Waals surface area contributed by atoms with Crippen molar-refractivity contribution >= 4 is 29.2 Å². The Morgan fingerprint density at radius 3 is 2.40 bits per heavy atom. The van der Waals surface area contributed by atoms with E-state index in [-0.39, 0.29) is 0 Å². The topological polar surface area (TPSA) is 83.3 Å². The molecule has 1 aliphatic rings. The fourth-order valence-corrected chi connectivity index (χ4v) is 2.64. The van der Waals surface area contributed by atoms with Crippen LogP contribution in [0.2, 0.25) is 0 Å². The molecule has 2 N–H and O–H groups in total. The number of quaternary nitrogens is 1. The molecule has 0 aliphatic carbocycles. The molecule has 1 unspecified atom stereocenters. The molecule has 0 spiro atoms. The van der Waals surface area contributed by atoms with Gasteiger partial charge in [-0.15, -0.1) is 0 Å². The van der Waals surface area contributed by atoms with Crippen LogP contribution in [-0.4, -0.2) is 50.7 Å². The Hall–Kier alpha value is -2.54. The van der Waals surface area contributed by atoms with E-state index in [0.717, 1.165) is 17.0 Å². The number of benzene rings is 1. The van der Waals surface area contributed by atoms with Crippen molar-refractivity contribution in [1.82, 2.24) is 5.32 Å². The molecule has 0 aromatic heterocycles. The molecule has 1 fully saturated rings. The average Bonchev–Trinajstić information content (AvgIpc) is 2.54. The summed E-state index contributed by atoms with van der Waals surface area (Å²) in [6.07, 6.45) is 0.475. The molecule has 1 aromatic rings. The maximum absolute atomic E-state index is 12.9. The molecule has 2 rings (SSSR count). The lowest BCUT2D eigenvalue weighted by atomic mass is 9.96. The Kier molecular flexibility index (Phi) is 6.03. The molecule has 7 heteroatoms. The number of aliphatic imine (C=N–C) groups is 1. The molecule has 0 radical (unpaired) electrons. The zero-order valence-corrected chi connectivity index (χ0v) is 15.1. The zero-order chi connectivity index (χ0) is 18.6. The van der Waals surface area contributed by atoms with Crippen LogP contribution in [0.1, 0.15) is 18.9 Å². The molecule has 1 aromatic carbocycles. The number of aryl methyl sites for hydroxylation is 1. The second-order valence-corrected chi connectivity index (χ2v) is 6.42. The number of likely N-dealkylation sites (N-methyl/N-ethyl adjacent to an activating group) is 1. The van der Waals surface area contributed by atoms with Gasteiger partial charge in [0.15, 0.2) is 5.92 Å². The number of hydrogen-bond donors (Lipinski definition) is 2. The fraction of sp³-hybridized carbons (Fsp3) is 0.444. The van der Waals surface area contributed by atoms with Gasteiger partial charge in [0.05, 0.1) is 32.9 Å². The summed E-state index contributed by atoms with van der Waals surface area (Å²) in [6, 6.07) is 6.30. The van der Waals surface area contributed by atoms with Crippen LogP contribution in [0.15, 0.2) is 29.3 Å². The Morgan fingerprint density at radius 1 is 1.20 bits per heavy atom. The number of rotatable bonds is 6. The number of barbiturate groups is 1. The van der Waals surface area contributed by atoms with Crippen molar-refractivity contribution in [2.24, 2.45) is 10.9 Å². The molecule has 1 saturated heterocycles. The second kappa shape index (κ2) is 8.02. The zero-order valence-electron chi connectivity index (χ0n) is 15.1. The third kappa shape index (κ3) is 4.30. The van der Waals surface area contributed by atoms with Crippen LogP contribution in [0, 0.1) is 12.8 Å². The number of nitrogens with one attached hydrogen (secondary N) is 2. The fourth-order valence-electron chi connectivity index (χ4n) is 2.64. The van der Waals surface area contributed by atoms with E-state index in [1.807, 2.05) is 40.1 Å². The van der Waals surface area contributed by atoms with E-state index in [2.05, 4.69) is 10.3 Å². The van der Waals surface area contributed by atoms with Gasteiger partial charge in [-0.2, -0.15) is 0 Å². The maximum atomic E-state index is 12.9. The van der Waals surface area contributed by atoms with Crippen molar-refractivity contribution in [3.63, 3.8) is 0 Å². The van der Waals surface area contributed by atoms with Gasteiger partial charge in [-0.1, -0.05) is 24.6 Å². The lowest BCUT2D eigenvalue weighted by Crippen LogP contribution is -3.06.